The van der Waals surface area contributed by atoms with E-state index in [4.69, 9.17) is 10.00 Å². The van der Waals surface area contributed by atoms with Crippen molar-refractivity contribution >= 4 is 17.1 Å². The quantitative estimate of drug-likeness (QED) is 0.471. The van der Waals surface area contributed by atoms with Gasteiger partial charge in [-0.05, 0) is 44.5 Å². The first-order valence-corrected chi connectivity index (χ1v) is 11.2. The molecule has 0 aromatic carbocycles. The van der Waals surface area contributed by atoms with Gasteiger partial charge in [0.25, 0.3) is 5.91 Å². The highest BCUT2D eigenvalue weighted by atomic mass is 19.1. The van der Waals surface area contributed by atoms with Crippen LogP contribution in [0.3, 0.4) is 0 Å². The lowest BCUT2D eigenvalue weighted by molar-refractivity contribution is -0.00177. The Balaban J connectivity index is 1.67. The van der Waals surface area contributed by atoms with Crippen molar-refractivity contribution in [3.63, 3.8) is 0 Å². The molecule has 1 saturated heterocycles. The van der Waals surface area contributed by atoms with Gasteiger partial charge in [0.1, 0.15) is 18.4 Å². The van der Waals surface area contributed by atoms with E-state index in [1.807, 2.05) is 6.07 Å². The van der Waals surface area contributed by atoms with Crippen molar-refractivity contribution in [3.05, 3.63) is 47.8 Å². The number of hydrogen-bond donors (Lipinski definition) is 3. The number of nitrogens with one attached hydrogen (secondary N) is 2. The number of ether oxygens (including phenoxy) is 1. The minimum atomic E-state index is -1.68. The Morgan fingerprint density at radius 1 is 1.40 bits per heavy atom. The van der Waals surface area contributed by atoms with Gasteiger partial charge in [-0.25, -0.2) is 13.3 Å². The van der Waals surface area contributed by atoms with Crippen molar-refractivity contribution in [2.45, 2.75) is 44.3 Å². The van der Waals surface area contributed by atoms with Gasteiger partial charge >= 0.3 is 0 Å². The summed E-state index contributed by atoms with van der Waals surface area (Å²) in [6.07, 6.45) is 0.208. The highest BCUT2D eigenvalue weighted by molar-refractivity contribution is 6.00. The van der Waals surface area contributed by atoms with Crippen molar-refractivity contribution in [2.24, 2.45) is 0 Å². The molecular weight excluding hydrogens is 458 g/mol. The van der Waals surface area contributed by atoms with Crippen molar-refractivity contribution in [3.8, 4) is 17.5 Å². The molecule has 1 aliphatic rings. The fourth-order valence-electron chi connectivity index (χ4n) is 3.74. The summed E-state index contributed by atoms with van der Waals surface area (Å²) < 4.78 is 35.4. The van der Waals surface area contributed by atoms with Crippen LogP contribution in [-0.4, -0.2) is 69.4 Å². The van der Waals surface area contributed by atoms with Gasteiger partial charge in [0.05, 0.1) is 64.7 Å². The van der Waals surface area contributed by atoms with E-state index in [9.17, 15) is 18.7 Å². The maximum Gasteiger partial charge on any atom is 0.255 e. The number of rotatable bonds is 7. The monoisotopic (exact) mass is 484 g/mol. The number of fused-ring (bicyclic) bond motifs is 1. The SMILES string of the molecule is CC(C)(O)C(F)CNC(=O)c1cnc(-c2ccc3cc(C#N)cnn23)cc1N[C@H]1CCOC[C@@H]1F. The molecule has 1 amide bonds. The second-order valence-electron chi connectivity index (χ2n) is 8.99. The predicted octanol–water partition coefficient (Wildman–Crippen LogP) is 2.65. The highest BCUT2D eigenvalue weighted by Gasteiger charge is 2.29. The molecule has 3 aromatic rings. The zero-order valence-corrected chi connectivity index (χ0v) is 19.3. The topological polar surface area (TPSA) is 125 Å². The van der Waals surface area contributed by atoms with Gasteiger partial charge < -0.3 is 20.5 Å². The summed E-state index contributed by atoms with van der Waals surface area (Å²) >= 11 is 0. The maximum absolute atomic E-state index is 14.5. The number of carbonyl (C=O) groups excluding carboxylic acids is 1. The Kier molecular flexibility index (Phi) is 6.95. The second-order valence-corrected chi connectivity index (χ2v) is 8.99. The zero-order chi connectivity index (χ0) is 25.2. The van der Waals surface area contributed by atoms with Crippen molar-refractivity contribution < 1.29 is 23.4 Å². The van der Waals surface area contributed by atoms with Gasteiger partial charge in [-0.1, -0.05) is 0 Å². The number of nitriles is 1. The lowest BCUT2D eigenvalue weighted by Gasteiger charge is -2.28. The van der Waals surface area contributed by atoms with Gasteiger partial charge in [0, 0.05) is 12.8 Å². The lowest BCUT2D eigenvalue weighted by atomic mass is 10.0. The molecular formula is C24H26F2N6O3. The first-order chi connectivity index (χ1) is 16.7. The Labute approximate surface area is 200 Å². The van der Waals surface area contributed by atoms with Gasteiger partial charge in [0.15, 0.2) is 0 Å². The maximum atomic E-state index is 14.5. The molecule has 3 aromatic heterocycles. The molecule has 4 heterocycles. The molecule has 35 heavy (non-hydrogen) atoms. The van der Waals surface area contributed by atoms with Crippen LogP contribution in [0.4, 0.5) is 14.5 Å². The fraction of sp³-hybridized carbons (Fsp3) is 0.417. The van der Waals surface area contributed by atoms with Gasteiger partial charge in [-0.15, -0.1) is 0 Å². The number of pyridine rings is 1. The van der Waals surface area contributed by atoms with Crippen LogP contribution >= 0.6 is 0 Å². The first kappa shape index (κ1) is 24.5. The molecule has 3 atom stereocenters. The summed E-state index contributed by atoms with van der Waals surface area (Å²) in [6.45, 7) is 2.55. The van der Waals surface area contributed by atoms with Crippen molar-refractivity contribution in [1.29, 1.82) is 5.26 Å². The third-order valence-electron chi connectivity index (χ3n) is 5.88. The van der Waals surface area contributed by atoms with Gasteiger partial charge in [-0.2, -0.15) is 10.4 Å². The summed E-state index contributed by atoms with van der Waals surface area (Å²) in [5.41, 5.74) is 0.980. The van der Waals surface area contributed by atoms with E-state index in [0.29, 0.717) is 41.2 Å². The standard InChI is InChI=1S/C24H26F2N6O3/c1-24(2,34)22(26)12-29-23(33)16-11-28-20(8-19(16)31-18-5-6-35-13-17(18)25)21-4-3-15-7-14(9-27)10-30-32(15)21/h3-4,7-8,10-11,17-18,22,34H,5-6,12-13H2,1-2H3,(H,28,31)(H,29,33)/t17-,18-,22?/m0/s1. The van der Waals surface area contributed by atoms with Gasteiger partial charge in [0.2, 0.25) is 0 Å². The Morgan fingerprint density at radius 2 is 2.20 bits per heavy atom. The van der Waals surface area contributed by atoms with E-state index in [1.54, 1.807) is 28.8 Å². The van der Waals surface area contributed by atoms with Crippen LogP contribution in [0.15, 0.2) is 36.7 Å². The number of halogens is 2. The lowest BCUT2D eigenvalue weighted by Crippen LogP contribution is -2.42. The summed E-state index contributed by atoms with van der Waals surface area (Å²) in [7, 11) is 0. The van der Waals surface area contributed by atoms with Crippen molar-refractivity contribution in [1.82, 2.24) is 19.9 Å². The first-order valence-electron chi connectivity index (χ1n) is 11.2. The minimum absolute atomic E-state index is 0.0548. The average molecular weight is 485 g/mol. The Bertz CT molecular complexity index is 1270. The molecule has 0 spiro atoms. The summed E-state index contributed by atoms with van der Waals surface area (Å²) in [6, 6.07) is 8.31. The molecule has 4 rings (SSSR count). The third-order valence-corrected chi connectivity index (χ3v) is 5.88. The van der Waals surface area contributed by atoms with Crippen LogP contribution in [0, 0.1) is 11.3 Å². The van der Waals surface area contributed by atoms with E-state index in [2.05, 4.69) is 20.7 Å². The van der Waals surface area contributed by atoms with E-state index in [1.165, 1.54) is 26.2 Å². The van der Waals surface area contributed by atoms with Gasteiger partial charge in [-0.3, -0.25) is 9.78 Å². The number of carbonyl (C=O) groups is 1. The normalized spacial score (nSPS) is 19.2. The Hall–Kier alpha value is -3.62. The van der Waals surface area contributed by atoms with Crippen LogP contribution in [0.5, 0.6) is 0 Å². The average Bonchev–Trinajstić information content (AvgIpc) is 3.26. The number of anilines is 1. The molecule has 3 N–H and O–H groups in total. The summed E-state index contributed by atoms with van der Waals surface area (Å²) in [4.78, 5) is 17.3. The minimum Gasteiger partial charge on any atom is -0.387 e. The second kappa shape index (κ2) is 9.93. The van der Waals surface area contributed by atoms with Crippen LogP contribution < -0.4 is 10.6 Å². The predicted molar refractivity (Wildman–Crippen MR) is 124 cm³/mol. The molecule has 0 saturated carbocycles. The number of aliphatic hydroxyl groups is 1. The smallest absolute Gasteiger partial charge is 0.255 e. The van der Waals surface area contributed by atoms with Crippen LogP contribution in [0.25, 0.3) is 16.9 Å². The molecule has 184 valence electrons. The number of amides is 1. The number of aromatic nitrogens is 3. The highest BCUT2D eigenvalue weighted by Crippen LogP contribution is 2.27. The number of nitrogens with zero attached hydrogens (tertiary/aromatic N) is 4. The molecule has 1 fully saturated rings. The van der Waals surface area contributed by atoms with E-state index < -0.39 is 36.4 Å². The van der Waals surface area contributed by atoms with Crippen LogP contribution in [0.1, 0.15) is 36.2 Å². The van der Waals surface area contributed by atoms with Crippen LogP contribution in [0.2, 0.25) is 0 Å². The number of hydrogen-bond acceptors (Lipinski definition) is 7. The van der Waals surface area contributed by atoms with Crippen molar-refractivity contribution in [2.75, 3.05) is 25.1 Å². The van der Waals surface area contributed by atoms with E-state index in [-0.39, 0.29) is 12.2 Å². The molecule has 1 unspecified atom stereocenters. The van der Waals surface area contributed by atoms with E-state index >= 15 is 0 Å². The molecule has 9 nitrogen and oxygen atoms in total. The molecule has 1 aliphatic heterocycles. The summed E-state index contributed by atoms with van der Waals surface area (Å²) in [5.74, 6) is -0.613. The summed E-state index contributed by atoms with van der Waals surface area (Å²) in [5, 5.41) is 28.8. The Morgan fingerprint density at radius 3 is 2.91 bits per heavy atom. The largest absolute Gasteiger partial charge is 0.387 e. The van der Waals surface area contributed by atoms with Crippen LogP contribution in [-0.2, 0) is 4.74 Å². The number of alkyl halides is 2. The molecule has 0 bridgehead atoms. The third kappa shape index (κ3) is 5.39. The molecule has 11 heteroatoms. The molecule has 0 radical (unpaired) electrons. The fourth-order valence-corrected chi connectivity index (χ4v) is 3.74. The molecule has 0 aliphatic carbocycles. The zero-order valence-electron chi connectivity index (χ0n) is 19.3. The van der Waals surface area contributed by atoms with E-state index in [0.717, 1.165) is 0 Å².